The highest BCUT2D eigenvalue weighted by molar-refractivity contribution is 5.89. The number of rotatable bonds is 6. The van der Waals surface area contributed by atoms with Gasteiger partial charge in [-0.3, -0.25) is 4.90 Å². The number of nitrogen functional groups attached to an aromatic ring is 1. The second-order valence-corrected chi connectivity index (χ2v) is 10.8. The van der Waals surface area contributed by atoms with Crippen molar-refractivity contribution in [3.63, 3.8) is 0 Å². The number of fused-ring (bicyclic) bond motifs is 3. The maximum atomic E-state index is 14.0. The van der Waals surface area contributed by atoms with E-state index in [0.717, 1.165) is 40.8 Å². The van der Waals surface area contributed by atoms with Gasteiger partial charge in [0.2, 0.25) is 0 Å². The molecule has 4 aromatic carbocycles. The Morgan fingerprint density at radius 3 is 2.12 bits per heavy atom. The smallest absolute Gasteiger partial charge is 0.414 e. The van der Waals surface area contributed by atoms with E-state index >= 15 is 0 Å². The molecule has 1 fully saturated rings. The molecule has 7 nitrogen and oxygen atoms in total. The van der Waals surface area contributed by atoms with E-state index in [2.05, 4.69) is 24.3 Å². The van der Waals surface area contributed by atoms with Gasteiger partial charge in [-0.25, -0.2) is 9.59 Å². The maximum Gasteiger partial charge on any atom is 0.414 e. The van der Waals surface area contributed by atoms with Crippen LogP contribution in [0.4, 0.5) is 21.0 Å². The molecule has 1 unspecified atom stereocenters. The molecular weight excluding hydrogens is 514 g/mol. The van der Waals surface area contributed by atoms with Crippen LogP contribution in [-0.2, 0) is 11.3 Å². The van der Waals surface area contributed by atoms with E-state index in [4.69, 9.17) is 10.5 Å². The molecule has 7 heteroatoms. The zero-order valence-corrected chi connectivity index (χ0v) is 22.8. The Labute approximate surface area is 239 Å². The van der Waals surface area contributed by atoms with Crippen LogP contribution in [0.2, 0.25) is 0 Å². The first-order valence-corrected chi connectivity index (χ1v) is 14.0. The van der Waals surface area contributed by atoms with Crippen molar-refractivity contribution < 1.29 is 19.4 Å². The number of amides is 2. The van der Waals surface area contributed by atoms with Gasteiger partial charge in [0, 0.05) is 30.6 Å². The van der Waals surface area contributed by atoms with Crippen molar-refractivity contribution in [2.75, 3.05) is 30.3 Å². The number of carbonyl (C=O) groups excluding carboxylic acids is 1. The minimum atomic E-state index is -0.914. The number of hydrogen-bond donors (Lipinski definition) is 2. The lowest BCUT2D eigenvalue weighted by molar-refractivity contribution is 0.130. The molecule has 6 rings (SSSR count). The molecule has 1 heterocycles. The van der Waals surface area contributed by atoms with E-state index in [1.807, 2.05) is 72.8 Å². The Hall–Kier alpha value is -4.78. The Morgan fingerprint density at radius 2 is 1.46 bits per heavy atom. The average molecular weight is 548 g/mol. The number of para-hydroxylation sites is 1. The van der Waals surface area contributed by atoms with Crippen LogP contribution in [0.15, 0.2) is 97.1 Å². The number of nitrogens with two attached hydrogens (primary N) is 1. The first-order chi connectivity index (χ1) is 20.0. The fraction of sp³-hybridized carbons (Fsp3) is 0.235. The summed E-state index contributed by atoms with van der Waals surface area (Å²) in [5.41, 5.74) is 13.8. The van der Waals surface area contributed by atoms with Gasteiger partial charge in [-0.1, -0.05) is 78.9 Å². The Kier molecular flexibility index (Phi) is 7.33. The van der Waals surface area contributed by atoms with E-state index in [9.17, 15) is 14.7 Å². The van der Waals surface area contributed by atoms with Crippen LogP contribution in [0.5, 0.6) is 0 Å². The van der Waals surface area contributed by atoms with Crippen molar-refractivity contribution >= 4 is 23.6 Å². The highest BCUT2D eigenvalue weighted by Gasteiger charge is 2.32. The zero-order chi connectivity index (χ0) is 28.3. The number of nitrogens with zero attached hydrogens (tertiary/aromatic N) is 2. The number of carboxylic acid groups (broad SMARTS) is 1. The third-order valence-corrected chi connectivity index (χ3v) is 8.24. The Bertz CT molecular complexity index is 1520. The summed E-state index contributed by atoms with van der Waals surface area (Å²) in [7, 11) is 0. The molecule has 1 aliphatic carbocycles. The van der Waals surface area contributed by atoms with E-state index in [1.165, 1.54) is 16.0 Å². The standard InChI is InChI=1S/C34H33N3O4/c35-25-17-15-23(16-18-25)20-37(32-14-6-5-9-26(32)24-8-7-19-36(21-24)33(38)39)34(40)41-22-31-29-12-3-1-10-27(29)28-11-2-4-13-30(28)31/h1-6,9-18,24,31H,7-8,19-22,35H2,(H,38,39). The number of likely N-dealkylation sites (tertiary alicyclic amines) is 1. The van der Waals surface area contributed by atoms with Crippen LogP contribution in [0.3, 0.4) is 0 Å². The monoisotopic (exact) mass is 547 g/mol. The van der Waals surface area contributed by atoms with Crippen LogP contribution < -0.4 is 10.6 Å². The summed E-state index contributed by atoms with van der Waals surface area (Å²) in [6.07, 6.45) is 0.263. The van der Waals surface area contributed by atoms with Crippen LogP contribution in [0.1, 0.15) is 46.9 Å². The highest BCUT2D eigenvalue weighted by atomic mass is 16.6. The molecule has 2 amide bonds. The van der Waals surface area contributed by atoms with Crippen molar-refractivity contribution in [2.45, 2.75) is 31.2 Å². The van der Waals surface area contributed by atoms with Crippen LogP contribution in [-0.4, -0.2) is 41.9 Å². The molecule has 3 N–H and O–H groups in total. The van der Waals surface area contributed by atoms with Crippen molar-refractivity contribution in [3.8, 4) is 11.1 Å². The first kappa shape index (κ1) is 26.4. The minimum Gasteiger partial charge on any atom is -0.465 e. The highest BCUT2D eigenvalue weighted by Crippen LogP contribution is 2.44. The van der Waals surface area contributed by atoms with Crippen molar-refractivity contribution in [3.05, 3.63) is 119 Å². The Morgan fingerprint density at radius 1 is 0.854 bits per heavy atom. The zero-order valence-electron chi connectivity index (χ0n) is 22.8. The second-order valence-electron chi connectivity index (χ2n) is 10.8. The fourth-order valence-electron chi connectivity index (χ4n) is 6.21. The van der Waals surface area contributed by atoms with Gasteiger partial charge in [0.25, 0.3) is 0 Å². The van der Waals surface area contributed by atoms with Crippen molar-refractivity contribution in [1.29, 1.82) is 0 Å². The molecule has 0 radical (unpaired) electrons. The van der Waals surface area contributed by atoms with Gasteiger partial charge in [-0.15, -0.1) is 0 Å². The lowest BCUT2D eigenvalue weighted by Gasteiger charge is -2.34. The fourth-order valence-corrected chi connectivity index (χ4v) is 6.21. The summed E-state index contributed by atoms with van der Waals surface area (Å²) in [6, 6.07) is 31.8. The maximum absolute atomic E-state index is 14.0. The molecule has 0 bridgehead atoms. The van der Waals surface area contributed by atoms with Crippen LogP contribution in [0.25, 0.3) is 11.1 Å². The Balaban J connectivity index is 1.31. The quantitative estimate of drug-likeness (QED) is 0.252. The summed E-state index contributed by atoms with van der Waals surface area (Å²) in [5.74, 6) is -0.0752. The number of piperidine rings is 1. The topological polar surface area (TPSA) is 96.1 Å². The minimum absolute atomic E-state index is 0.0219. The molecular formula is C34H33N3O4. The normalized spacial score (nSPS) is 16.1. The lowest BCUT2D eigenvalue weighted by atomic mass is 9.89. The summed E-state index contributed by atoms with van der Waals surface area (Å²) < 4.78 is 6.11. The number of benzene rings is 4. The predicted octanol–water partition coefficient (Wildman–Crippen LogP) is 7.08. The molecule has 41 heavy (non-hydrogen) atoms. The molecule has 4 aromatic rings. The predicted molar refractivity (Wildman–Crippen MR) is 160 cm³/mol. The first-order valence-electron chi connectivity index (χ1n) is 14.0. The van der Waals surface area contributed by atoms with Crippen LogP contribution in [0, 0.1) is 0 Å². The number of hydrogen-bond acceptors (Lipinski definition) is 4. The average Bonchev–Trinajstić information content (AvgIpc) is 3.33. The molecule has 1 aliphatic heterocycles. The second kappa shape index (κ2) is 11.4. The van der Waals surface area contributed by atoms with Gasteiger partial charge in [0.1, 0.15) is 6.61 Å². The summed E-state index contributed by atoms with van der Waals surface area (Å²) in [5, 5.41) is 9.63. The largest absolute Gasteiger partial charge is 0.465 e. The van der Waals surface area contributed by atoms with Gasteiger partial charge in [-0.2, -0.15) is 0 Å². The molecule has 0 aromatic heterocycles. The van der Waals surface area contributed by atoms with Crippen LogP contribution >= 0.6 is 0 Å². The van der Waals surface area contributed by atoms with E-state index < -0.39 is 12.2 Å². The van der Waals surface area contributed by atoms with Gasteiger partial charge in [0.05, 0.1) is 12.2 Å². The van der Waals surface area contributed by atoms with E-state index in [-0.39, 0.29) is 18.4 Å². The molecule has 2 aliphatic rings. The molecule has 1 atom stereocenters. The summed E-state index contributed by atoms with van der Waals surface area (Å²) in [6.45, 7) is 1.43. The molecule has 208 valence electrons. The number of carbonyl (C=O) groups is 2. The molecule has 1 saturated heterocycles. The van der Waals surface area contributed by atoms with Gasteiger partial charge < -0.3 is 20.5 Å². The van der Waals surface area contributed by atoms with Gasteiger partial charge in [0.15, 0.2) is 0 Å². The third kappa shape index (κ3) is 5.35. The number of anilines is 2. The number of ether oxygens (including phenoxy) is 1. The lowest BCUT2D eigenvalue weighted by Crippen LogP contribution is -2.39. The van der Waals surface area contributed by atoms with Crippen molar-refractivity contribution in [1.82, 2.24) is 4.90 Å². The molecule has 0 spiro atoms. The van der Waals surface area contributed by atoms with Gasteiger partial charge in [-0.05, 0) is 64.4 Å². The van der Waals surface area contributed by atoms with E-state index in [0.29, 0.717) is 25.3 Å². The SMILES string of the molecule is Nc1ccc(CN(C(=O)OCC2c3ccccc3-c3ccccc32)c2ccccc2C2CCCN(C(=O)O)C2)cc1. The van der Waals surface area contributed by atoms with E-state index in [1.54, 1.807) is 4.90 Å². The van der Waals surface area contributed by atoms with Crippen molar-refractivity contribution in [2.24, 2.45) is 0 Å². The van der Waals surface area contributed by atoms with Gasteiger partial charge >= 0.3 is 12.2 Å². The summed E-state index contributed by atoms with van der Waals surface area (Å²) in [4.78, 5) is 28.9. The summed E-state index contributed by atoms with van der Waals surface area (Å²) >= 11 is 0. The third-order valence-electron chi connectivity index (χ3n) is 8.24. The molecule has 0 saturated carbocycles.